The molecule has 2 fully saturated rings. The van der Waals surface area contributed by atoms with Crippen LogP contribution in [0.3, 0.4) is 0 Å². The molecular formula is C10H17N3O2. The van der Waals surface area contributed by atoms with E-state index in [1.54, 1.807) is 4.90 Å². The van der Waals surface area contributed by atoms with Crippen LogP contribution in [0.15, 0.2) is 0 Å². The van der Waals surface area contributed by atoms with Crippen LogP contribution >= 0.6 is 0 Å². The van der Waals surface area contributed by atoms with Gasteiger partial charge < -0.3 is 10.2 Å². The van der Waals surface area contributed by atoms with Crippen molar-refractivity contribution in [2.24, 2.45) is 5.92 Å². The second-order valence-electron chi connectivity index (χ2n) is 4.72. The summed E-state index contributed by atoms with van der Waals surface area (Å²) in [7, 11) is 0. The van der Waals surface area contributed by atoms with E-state index in [0.717, 1.165) is 13.0 Å². The zero-order chi connectivity index (χ0) is 11.1. The summed E-state index contributed by atoms with van der Waals surface area (Å²) in [5, 5.41) is 5.57. The van der Waals surface area contributed by atoms with Crippen molar-refractivity contribution in [1.82, 2.24) is 15.5 Å². The third-order valence-corrected chi connectivity index (χ3v) is 3.09. The lowest BCUT2D eigenvalue weighted by molar-refractivity contribution is -0.125. The van der Waals surface area contributed by atoms with Gasteiger partial charge >= 0.3 is 6.03 Å². The molecule has 0 bridgehead atoms. The zero-order valence-corrected chi connectivity index (χ0v) is 9.17. The van der Waals surface area contributed by atoms with Crippen LogP contribution < -0.4 is 10.6 Å². The average molecular weight is 211 g/mol. The largest absolute Gasteiger partial charge is 0.325 e. The molecule has 0 aliphatic carbocycles. The van der Waals surface area contributed by atoms with Gasteiger partial charge in [0.2, 0.25) is 0 Å². The highest BCUT2D eigenvalue weighted by molar-refractivity contribution is 6.07. The lowest BCUT2D eigenvalue weighted by Crippen LogP contribution is -2.52. The average Bonchev–Trinajstić information content (AvgIpc) is 2.69. The lowest BCUT2D eigenvalue weighted by atomic mass is 9.96. The molecule has 0 aromatic carbocycles. The minimum atomic E-state index is -0.610. The smallest absolute Gasteiger partial charge is 0.314 e. The van der Waals surface area contributed by atoms with Gasteiger partial charge in [-0.25, -0.2) is 4.79 Å². The Morgan fingerprint density at radius 1 is 1.47 bits per heavy atom. The molecular weight excluding hydrogens is 194 g/mol. The quantitative estimate of drug-likeness (QED) is 0.628. The van der Waals surface area contributed by atoms with Gasteiger partial charge in [0.05, 0.1) is 0 Å². The Labute approximate surface area is 89.2 Å². The maximum atomic E-state index is 11.8. The van der Waals surface area contributed by atoms with E-state index in [0.29, 0.717) is 19.0 Å². The summed E-state index contributed by atoms with van der Waals surface area (Å²) in [6.45, 7) is 6.12. The summed E-state index contributed by atoms with van der Waals surface area (Å²) >= 11 is 0. The zero-order valence-electron chi connectivity index (χ0n) is 9.17. The van der Waals surface area contributed by atoms with E-state index in [1.165, 1.54) is 0 Å². The number of nitrogens with zero attached hydrogens (tertiary/aromatic N) is 1. The van der Waals surface area contributed by atoms with Crippen LogP contribution in [-0.4, -0.2) is 42.0 Å². The highest BCUT2D eigenvalue weighted by Gasteiger charge is 2.54. The van der Waals surface area contributed by atoms with Crippen molar-refractivity contribution < 1.29 is 9.59 Å². The number of carbonyl (C=O) groups is 2. The fraction of sp³-hybridized carbons (Fsp3) is 0.800. The Bertz CT molecular complexity index is 295. The predicted molar refractivity (Wildman–Crippen MR) is 55.3 cm³/mol. The minimum absolute atomic E-state index is 0.141. The Morgan fingerprint density at radius 2 is 2.20 bits per heavy atom. The van der Waals surface area contributed by atoms with E-state index in [4.69, 9.17) is 0 Å². The normalized spacial score (nSPS) is 30.7. The molecule has 2 N–H and O–H groups in total. The predicted octanol–water partition coefficient (Wildman–Crippen LogP) is -0.0737. The highest BCUT2D eigenvalue weighted by atomic mass is 16.2. The van der Waals surface area contributed by atoms with Crippen LogP contribution in [0.1, 0.15) is 20.3 Å². The van der Waals surface area contributed by atoms with Crippen LogP contribution in [0.4, 0.5) is 4.79 Å². The highest BCUT2D eigenvalue weighted by Crippen LogP contribution is 2.28. The van der Waals surface area contributed by atoms with Crippen molar-refractivity contribution in [2.45, 2.75) is 25.8 Å². The Morgan fingerprint density at radius 3 is 2.73 bits per heavy atom. The summed E-state index contributed by atoms with van der Waals surface area (Å²) in [6.07, 6.45) is 0.720. The van der Waals surface area contributed by atoms with E-state index in [9.17, 15) is 9.59 Å². The molecule has 2 aliphatic heterocycles. The van der Waals surface area contributed by atoms with E-state index in [2.05, 4.69) is 10.6 Å². The van der Waals surface area contributed by atoms with E-state index >= 15 is 0 Å². The molecule has 0 aromatic rings. The number of hydrogen-bond acceptors (Lipinski definition) is 3. The third kappa shape index (κ3) is 1.51. The third-order valence-electron chi connectivity index (χ3n) is 3.09. The topological polar surface area (TPSA) is 61.4 Å². The first-order chi connectivity index (χ1) is 7.06. The van der Waals surface area contributed by atoms with Crippen LogP contribution in [0.25, 0.3) is 0 Å². The van der Waals surface area contributed by atoms with Gasteiger partial charge in [-0.05, 0) is 18.9 Å². The molecule has 0 aromatic heterocycles. The number of imide groups is 1. The monoisotopic (exact) mass is 211 g/mol. The Kier molecular flexibility index (Phi) is 2.42. The summed E-state index contributed by atoms with van der Waals surface area (Å²) in [4.78, 5) is 25.1. The molecule has 5 heteroatoms. The Balaban J connectivity index is 2.24. The summed E-state index contributed by atoms with van der Waals surface area (Å²) < 4.78 is 0. The minimum Gasteiger partial charge on any atom is -0.314 e. The first-order valence-corrected chi connectivity index (χ1v) is 5.40. The van der Waals surface area contributed by atoms with Gasteiger partial charge in [0.15, 0.2) is 0 Å². The first-order valence-electron chi connectivity index (χ1n) is 5.40. The van der Waals surface area contributed by atoms with Gasteiger partial charge in [-0.3, -0.25) is 10.1 Å². The van der Waals surface area contributed by atoms with Crippen molar-refractivity contribution >= 4 is 11.9 Å². The number of amides is 3. The molecule has 0 radical (unpaired) electrons. The maximum Gasteiger partial charge on any atom is 0.325 e. The second kappa shape index (κ2) is 3.48. The first kappa shape index (κ1) is 10.4. The van der Waals surface area contributed by atoms with Crippen molar-refractivity contribution in [1.29, 1.82) is 0 Å². The molecule has 2 rings (SSSR count). The number of carbonyl (C=O) groups excluding carboxylic acids is 2. The summed E-state index contributed by atoms with van der Waals surface area (Å²) in [5.74, 6) is 0.234. The van der Waals surface area contributed by atoms with Gasteiger partial charge in [0.25, 0.3) is 5.91 Å². The molecule has 3 amide bonds. The van der Waals surface area contributed by atoms with Crippen molar-refractivity contribution in [3.05, 3.63) is 0 Å². The van der Waals surface area contributed by atoms with Crippen molar-refractivity contribution in [2.75, 3.05) is 19.6 Å². The lowest BCUT2D eigenvalue weighted by Gasteiger charge is -2.31. The van der Waals surface area contributed by atoms with Gasteiger partial charge in [0, 0.05) is 13.1 Å². The van der Waals surface area contributed by atoms with E-state index in [-0.39, 0.29) is 11.9 Å². The SMILES string of the molecule is CC(C)CN1C(=O)NC(=O)C12CCNC2. The number of rotatable bonds is 2. The van der Waals surface area contributed by atoms with Gasteiger partial charge in [0.1, 0.15) is 5.54 Å². The Hall–Kier alpha value is -1.10. The van der Waals surface area contributed by atoms with Crippen LogP contribution in [0.2, 0.25) is 0 Å². The van der Waals surface area contributed by atoms with Crippen LogP contribution in [-0.2, 0) is 4.79 Å². The number of hydrogen-bond donors (Lipinski definition) is 2. The molecule has 1 atom stereocenters. The summed E-state index contributed by atoms with van der Waals surface area (Å²) in [5.41, 5.74) is -0.610. The molecule has 15 heavy (non-hydrogen) atoms. The fourth-order valence-corrected chi connectivity index (χ4v) is 2.32. The van der Waals surface area contributed by atoms with Gasteiger partial charge in [-0.15, -0.1) is 0 Å². The molecule has 84 valence electrons. The maximum absolute atomic E-state index is 11.8. The second-order valence-corrected chi connectivity index (χ2v) is 4.72. The van der Waals surface area contributed by atoms with Crippen LogP contribution in [0.5, 0.6) is 0 Å². The molecule has 1 spiro atoms. The van der Waals surface area contributed by atoms with E-state index < -0.39 is 5.54 Å². The molecule has 0 saturated carbocycles. The van der Waals surface area contributed by atoms with Crippen molar-refractivity contribution in [3.63, 3.8) is 0 Å². The standard InChI is InChI=1S/C10H17N3O2/c1-7(2)5-13-9(15)12-8(14)10(13)3-4-11-6-10/h7,11H,3-6H2,1-2H3,(H,12,14,15). The molecule has 5 nitrogen and oxygen atoms in total. The van der Waals surface area contributed by atoms with Gasteiger partial charge in [-0.2, -0.15) is 0 Å². The van der Waals surface area contributed by atoms with Crippen LogP contribution in [0, 0.1) is 5.92 Å². The molecule has 2 aliphatic rings. The van der Waals surface area contributed by atoms with Gasteiger partial charge in [-0.1, -0.05) is 13.8 Å². The molecule has 1 unspecified atom stereocenters. The molecule has 2 saturated heterocycles. The van der Waals surface area contributed by atoms with E-state index in [1.807, 2.05) is 13.8 Å². The fourth-order valence-electron chi connectivity index (χ4n) is 2.32. The number of urea groups is 1. The number of nitrogens with one attached hydrogen (secondary N) is 2. The summed E-state index contributed by atoms with van der Waals surface area (Å²) in [6, 6.07) is -0.239. The molecule has 2 heterocycles. The van der Waals surface area contributed by atoms with Crippen molar-refractivity contribution in [3.8, 4) is 0 Å².